The molecule has 1 aromatic heterocycles. The number of nitrogens with zero attached hydrogens (tertiary/aromatic N) is 2. The first-order valence-electron chi connectivity index (χ1n) is 11.4. The highest BCUT2D eigenvalue weighted by Crippen LogP contribution is 2.42. The van der Waals surface area contributed by atoms with Gasteiger partial charge in [0, 0.05) is 18.3 Å². The fraction of sp³-hybridized carbons (Fsp3) is 0.296. The number of hydrogen-bond donors (Lipinski definition) is 1. The van der Waals surface area contributed by atoms with E-state index in [9.17, 15) is 9.59 Å². The van der Waals surface area contributed by atoms with Gasteiger partial charge in [0.2, 0.25) is 11.8 Å². The van der Waals surface area contributed by atoms with Gasteiger partial charge in [-0.1, -0.05) is 12.1 Å². The molecule has 2 heterocycles. The fourth-order valence-corrected chi connectivity index (χ4v) is 4.44. The van der Waals surface area contributed by atoms with Crippen LogP contribution in [0.4, 0.5) is 5.69 Å². The lowest BCUT2D eigenvalue weighted by Crippen LogP contribution is -2.48. The van der Waals surface area contributed by atoms with Gasteiger partial charge in [-0.3, -0.25) is 14.6 Å². The van der Waals surface area contributed by atoms with Crippen LogP contribution in [0, 0.1) is 5.92 Å². The third-order valence-corrected chi connectivity index (χ3v) is 6.20. The number of piperidine rings is 1. The predicted octanol–water partition coefficient (Wildman–Crippen LogP) is 3.91. The van der Waals surface area contributed by atoms with Gasteiger partial charge in [0.1, 0.15) is 5.75 Å². The second-order valence-corrected chi connectivity index (χ2v) is 8.21. The average molecular weight is 476 g/mol. The van der Waals surface area contributed by atoms with Gasteiger partial charge in [-0.25, -0.2) is 0 Å². The molecule has 8 heteroatoms. The molecule has 1 saturated heterocycles. The van der Waals surface area contributed by atoms with Crippen LogP contribution in [0.15, 0.2) is 66.9 Å². The number of hydrogen-bond acceptors (Lipinski definition) is 6. The van der Waals surface area contributed by atoms with Crippen molar-refractivity contribution in [3.63, 3.8) is 0 Å². The van der Waals surface area contributed by atoms with E-state index in [4.69, 9.17) is 14.2 Å². The van der Waals surface area contributed by atoms with E-state index in [0.29, 0.717) is 35.9 Å². The van der Waals surface area contributed by atoms with Crippen molar-refractivity contribution in [2.45, 2.75) is 25.4 Å². The molecule has 1 aliphatic rings. The summed E-state index contributed by atoms with van der Waals surface area (Å²) in [5.41, 5.74) is 2.24. The predicted molar refractivity (Wildman–Crippen MR) is 132 cm³/mol. The van der Waals surface area contributed by atoms with E-state index < -0.39 is 12.0 Å². The van der Waals surface area contributed by atoms with Crippen molar-refractivity contribution in [2.75, 3.05) is 26.2 Å². The van der Waals surface area contributed by atoms with Gasteiger partial charge in [-0.2, -0.15) is 0 Å². The van der Waals surface area contributed by atoms with Crippen molar-refractivity contribution < 1.29 is 23.8 Å². The van der Waals surface area contributed by atoms with Crippen molar-refractivity contribution in [1.29, 1.82) is 0 Å². The molecule has 0 unspecified atom stereocenters. The van der Waals surface area contributed by atoms with Crippen LogP contribution in [0.2, 0.25) is 0 Å². The van der Waals surface area contributed by atoms with Gasteiger partial charge in [0.05, 0.1) is 45.5 Å². The summed E-state index contributed by atoms with van der Waals surface area (Å²) in [6.07, 6.45) is 2.38. The molecule has 1 fully saturated rings. The Morgan fingerprint density at radius 2 is 1.77 bits per heavy atom. The lowest BCUT2D eigenvalue weighted by atomic mass is 9.83. The SMILES string of the molecule is COc1ccc(N2C(=O)CC[C@H](C(=O)NCc3ccccn3)[C@@H]2c2ccc(OC)c(OC)c2)cc1. The number of pyridine rings is 1. The van der Waals surface area contributed by atoms with Gasteiger partial charge in [0.25, 0.3) is 0 Å². The maximum atomic E-state index is 13.5. The molecule has 0 radical (unpaired) electrons. The van der Waals surface area contributed by atoms with Crippen molar-refractivity contribution >= 4 is 17.5 Å². The van der Waals surface area contributed by atoms with E-state index in [-0.39, 0.29) is 18.2 Å². The Morgan fingerprint density at radius 3 is 2.43 bits per heavy atom. The molecule has 0 saturated carbocycles. The third-order valence-electron chi connectivity index (χ3n) is 6.20. The molecule has 182 valence electrons. The maximum Gasteiger partial charge on any atom is 0.227 e. The summed E-state index contributed by atoms with van der Waals surface area (Å²) in [5.74, 6) is 1.13. The van der Waals surface area contributed by atoms with E-state index in [0.717, 1.165) is 11.3 Å². The Hall–Kier alpha value is -4.07. The van der Waals surface area contributed by atoms with Crippen molar-refractivity contribution in [2.24, 2.45) is 5.92 Å². The molecular formula is C27H29N3O5. The molecule has 1 N–H and O–H groups in total. The number of carbonyl (C=O) groups is 2. The summed E-state index contributed by atoms with van der Waals surface area (Å²) >= 11 is 0. The molecule has 2 aromatic carbocycles. The molecule has 0 bridgehead atoms. The molecule has 0 aliphatic carbocycles. The number of benzene rings is 2. The molecule has 1 aliphatic heterocycles. The first-order chi connectivity index (χ1) is 17.0. The van der Waals surface area contributed by atoms with Gasteiger partial charge in [-0.15, -0.1) is 0 Å². The zero-order chi connectivity index (χ0) is 24.8. The lowest BCUT2D eigenvalue weighted by Gasteiger charge is -2.41. The Bertz CT molecular complexity index is 1170. The first-order valence-corrected chi connectivity index (χ1v) is 11.4. The monoisotopic (exact) mass is 475 g/mol. The molecule has 2 amide bonds. The largest absolute Gasteiger partial charge is 0.497 e. The Balaban J connectivity index is 1.72. The van der Waals surface area contributed by atoms with Crippen molar-refractivity contribution in [3.8, 4) is 17.2 Å². The second-order valence-electron chi connectivity index (χ2n) is 8.21. The summed E-state index contributed by atoms with van der Waals surface area (Å²) < 4.78 is 16.2. The summed E-state index contributed by atoms with van der Waals surface area (Å²) in [6, 6.07) is 17.8. The Labute approximate surface area is 204 Å². The van der Waals surface area contributed by atoms with Crippen molar-refractivity contribution in [3.05, 3.63) is 78.1 Å². The average Bonchev–Trinajstić information content (AvgIpc) is 2.91. The molecular weight excluding hydrogens is 446 g/mol. The van der Waals surface area contributed by atoms with Crippen LogP contribution in [0.1, 0.15) is 30.1 Å². The van der Waals surface area contributed by atoms with Crippen LogP contribution in [0.5, 0.6) is 17.2 Å². The number of nitrogens with one attached hydrogen (secondary N) is 1. The number of ether oxygens (including phenoxy) is 3. The Kier molecular flexibility index (Phi) is 7.50. The number of carbonyl (C=O) groups excluding carboxylic acids is 2. The zero-order valence-electron chi connectivity index (χ0n) is 20.1. The van der Waals surface area contributed by atoms with Gasteiger partial charge in [0.15, 0.2) is 11.5 Å². The quantitative estimate of drug-likeness (QED) is 0.531. The topological polar surface area (TPSA) is 90.0 Å². The number of aromatic nitrogens is 1. The standard InChI is InChI=1S/C27H29N3O5/c1-33-21-10-8-20(9-11-21)30-25(31)14-12-22(27(32)29-17-19-6-4-5-15-28-19)26(30)18-7-13-23(34-2)24(16-18)35-3/h4-11,13,15-16,22,26H,12,14,17H2,1-3H3,(H,29,32)/t22-,26-/m0/s1. The number of rotatable bonds is 8. The fourth-order valence-electron chi connectivity index (χ4n) is 4.44. The molecule has 2 atom stereocenters. The molecule has 0 spiro atoms. The summed E-state index contributed by atoms with van der Waals surface area (Å²) in [5, 5.41) is 3.01. The second kappa shape index (κ2) is 10.9. The van der Waals surface area contributed by atoms with Crippen LogP contribution in [0.25, 0.3) is 0 Å². The number of methoxy groups -OCH3 is 3. The van der Waals surface area contributed by atoms with Gasteiger partial charge in [-0.05, 0) is 60.5 Å². The highest BCUT2D eigenvalue weighted by Gasteiger charge is 2.41. The highest BCUT2D eigenvalue weighted by atomic mass is 16.5. The van der Waals surface area contributed by atoms with Gasteiger partial charge >= 0.3 is 0 Å². The van der Waals surface area contributed by atoms with Crippen LogP contribution in [-0.4, -0.2) is 38.1 Å². The minimum Gasteiger partial charge on any atom is -0.497 e. The molecule has 8 nitrogen and oxygen atoms in total. The van der Waals surface area contributed by atoms with E-state index in [1.54, 1.807) is 50.6 Å². The lowest BCUT2D eigenvalue weighted by molar-refractivity contribution is -0.129. The zero-order valence-corrected chi connectivity index (χ0v) is 20.1. The molecule has 3 aromatic rings. The smallest absolute Gasteiger partial charge is 0.227 e. The first kappa shape index (κ1) is 24.1. The third kappa shape index (κ3) is 5.21. The van der Waals surface area contributed by atoms with Crippen molar-refractivity contribution in [1.82, 2.24) is 10.3 Å². The van der Waals surface area contributed by atoms with Crippen LogP contribution < -0.4 is 24.4 Å². The minimum atomic E-state index is -0.534. The number of anilines is 1. The number of amides is 2. The van der Waals surface area contributed by atoms with E-state index >= 15 is 0 Å². The Morgan fingerprint density at radius 1 is 1.00 bits per heavy atom. The summed E-state index contributed by atoms with van der Waals surface area (Å²) in [6.45, 7) is 0.311. The van der Waals surface area contributed by atoms with Crippen LogP contribution in [-0.2, 0) is 16.1 Å². The van der Waals surface area contributed by atoms with Crippen LogP contribution >= 0.6 is 0 Å². The molecule has 35 heavy (non-hydrogen) atoms. The highest BCUT2D eigenvalue weighted by molar-refractivity contribution is 5.97. The normalized spacial score (nSPS) is 17.6. The van der Waals surface area contributed by atoms with Crippen LogP contribution in [0.3, 0.4) is 0 Å². The minimum absolute atomic E-state index is 0.0521. The molecule has 4 rings (SSSR count). The maximum absolute atomic E-state index is 13.5. The van der Waals surface area contributed by atoms with E-state index in [1.807, 2.05) is 42.5 Å². The van der Waals surface area contributed by atoms with E-state index in [2.05, 4.69) is 10.3 Å². The summed E-state index contributed by atoms with van der Waals surface area (Å²) in [7, 11) is 4.72. The van der Waals surface area contributed by atoms with E-state index in [1.165, 1.54) is 0 Å². The van der Waals surface area contributed by atoms with Gasteiger partial charge < -0.3 is 24.4 Å². The summed E-state index contributed by atoms with van der Waals surface area (Å²) in [4.78, 5) is 32.7.